The maximum atomic E-state index is 12.0. The number of rotatable bonds is 6. The second-order valence-corrected chi connectivity index (χ2v) is 6.59. The molecule has 116 valence electrons. The van der Waals surface area contributed by atoms with Crippen LogP contribution in [0.25, 0.3) is 0 Å². The summed E-state index contributed by atoms with van der Waals surface area (Å²) in [5, 5.41) is 6.40. The van der Waals surface area contributed by atoms with Crippen molar-refractivity contribution in [2.45, 2.75) is 13.0 Å². The van der Waals surface area contributed by atoms with E-state index in [1.165, 1.54) is 11.3 Å². The molecule has 1 aromatic carbocycles. The first kappa shape index (κ1) is 16.7. The Hall–Kier alpha value is -1.66. The molecule has 0 aliphatic carbocycles. The maximum absolute atomic E-state index is 12.0. The Morgan fingerprint density at radius 1 is 1.23 bits per heavy atom. The average Bonchev–Trinajstić information content (AvgIpc) is 3.03. The summed E-state index contributed by atoms with van der Waals surface area (Å²) >= 11 is 4.86. The molecule has 1 aromatic heterocycles. The molecule has 0 atom stereocenters. The van der Waals surface area contributed by atoms with Gasteiger partial charge in [0.25, 0.3) is 5.91 Å². The summed E-state index contributed by atoms with van der Waals surface area (Å²) in [5.74, 6) is -0.127. The molecule has 4 nitrogen and oxygen atoms in total. The molecule has 2 amide bonds. The van der Waals surface area contributed by atoms with Crippen molar-refractivity contribution < 1.29 is 9.59 Å². The zero-order valence-corrected chi connectivity index (χ0v) is 14.6. The third-order valence-corrected chi connectivity index (χ3v) is 4.38. The number of halogens is 1. The van der Waals surface area contributed by atoms with Crippen molar-refractivity contribution in [3.8, 4) is 0 Å². The molecule has 0 aliphatic heterocycles. The molecule has 0 unspecified atom stereocenters. The Labute approximate surface area is 142 Å². The Kier molecular flexibility index (Phi) is 6.15. The van der Waals surface area contributed by atoms with Crippen molar-refractivity contribution >= 4 is 39.1 Å². The Bertz CT molecular complexity index is 626. The summed E-state index contributed by atoms with van der Waals surface area (Å²) in [6.45, 7) is 0.906. The van der Waals surface area contributed by atoms with E-state index in [-0.39, 0.29) is 11.8 Å². The molecule has 1 heterocycles. The van der Waals surface area contributed by atoms with Crippen LogP contribution in [0, 0.1) is 0 Å². The lowest BCUT2D eigenvalue weighted by molar-refractivity contribution is -0.130. The average molecular weight is 381 g/mol. The smallest absolute Gasteiger partial charge is 0.252 e. The number of carbonyl (C=O) groups is 2. The number of thiophene rings is 1. The van der Waals surface area contributed by atoms with Crippen LogP contribution < -0.4 is 5.32 Å². The van der Waals surface area contributed by atoms with Crippen LogP contribution in [0.1, 0.15) is 22.3 Å². The van der Waals surface area contributed by atoms with E-state index < -0.39 is 0 Å². The highest BCUT2D eigenvalue weighted by molar-refractivity contribution is 9.10. The van der Waals surface area contributed by atoms with E-state index in [0.717, 1.165) is 10.0 Å². The number of amides is 2. The maximum Gasteiger partial charge on any atom is 0.252 e. The van der Waals surface area contributed by atoms with Gasteiger partial charge in [0.2, 0.25) is 5.91 Å². The van der Waals surface area contributed by atoms with Gasteiger partial charge in [0, 0.05) is 42.0 Å². The lowest BCUT2D eigenvalue weighted by atomic mass is 10.2. The van der Waals surface area contributed by atoms with Crippen LogP contribution in [0.3, 0.4) is 0 Å². The molecular formula is C16H17BrN2O2S. The van der Waals surface area contributed by atoms with Crippen LogP contribution in [0.2, 0.25) is 0 Å². The third-order valence-electron chi connectivity index (χ3n) is 3.17. The zero-order chi connectivity index (χ0) is 15.9. The molecule has 0 saturated carbocycles. The second-order valence-electron chi connectivity index (χ2n) is 4.89. The normalized spacial score (nSPS) is 10.3. The first-order valence-corrected chi connectivity index (χ1v) is 8.58. The van der Waals surface area contributed by atoms with E-state index >= 15 is 0 Å². The summed E-state index contributed by atoms with van der Waals surface area (Å²) in [5.41, 5.74) is 1.71. The van der Waals surface area contributed by atoms with E-state index in [1.807, 2.05) is 29.6 Å². The van der Waals surface area contributed by atoms with Gasteiger partial charge in [-0.05, 0) is 29.1 Å². The van der Waals surface area contributed by atoms with E-state index in [0.29, 0.717) is 25.1 Å². The van der Waals surface area contributed by atoms with Gasteiger partial charge < -0.3 is 10.2 Å². The molecule has 6 heteroatoms. The van der Waals surface area contributed by atoms with Gasteiger partial charge >= 0.3 is 0 Å². The van der Waals surface area contributed by atoms with Crippen LogP contribution in [0.15, 0.2) is 45.6 Å². The van der Waals surface area contributed by atoms with E-state index in [2.05, 4.69) is 21.2 Å². The van der Waals surface area contributed by atoms with Crippen molar-refractivity contribution in [1.29, 1.82) is 0 Å². The summed E-state index contributed by atoms with van der Waals surface area (Å²) in [4.78, 5) is 25.5. The second kappa shape index (κ2) is 8.10. The minimum Gasteiger partial charge on any atom is -0.351 e. The molecule has 0 radical (unpaired) electrons. The molecule has 0 saturated heterocycles. The summed E-state index contributed by atoms with van der Waals surface area (Å²) in [7, 11) is 1.77. The van der Waals surface area contributed by atoms with Gasteiger partial charge in [-0.3, -0.25) is 9.59 Å². The molecule has 0 spiro atoms. The molecule has 1 N–H and O–H groups in total. The van der Waals surface area contributed by atoms with Crippen molar-refractivity contribution in [1.82, 2.24) is 10.2 Å². The van der Waals surface area contributed by atoms with Crippen LogP contribution in [0.5, 0.6) is 0 Å². The Morgan fingerprint density at radius 3 is 2.59 bits per heavy atom. The fourth-order valence-corrected chi connectivity index (χ4v) is 2.82. The van der Waals surface area contributed by atoms with Crippen molar-refractivity contribution in [2.24, 2.45) is 0 Å². The van der Waals surface area contributed by atoms with Gasteiger partial charge in [0.15, 0.2) is 0 Å². The molecule has 2 aromatic rings. The van der Waals surface area contributed by atoms with Crippen LogP contribution in [-0.2, 0) is 11.3 Å². The standard InChI is InChI=1S/C16H17BrN2O2S/c1-19(10-12-2-4-14(17)5-3-12)15(20)6-8-18-16(21)13-7-9-22-11-13/h2-5,7,9,11H,6,8,10H2,1H3,(H,18,21). The largest absolute Gasteiger partial charge is 0.351 e. The topological polar surface area (TPSA) is 49.4 Å². The molecule has 0 bridgehead atoms. The number of carbonyl (C=O) groups excluding carboxylic acids is 2. The number of hydrogen-bond acceptors (Lipinski definition) is 3. The SMILES string of the molecule is CN(Cc1ccc(Br)cc1)C(=O)CCNC(=O)c1ccsc1. The Balaban J connectivity index is 1.74. The number of nitrogens with zero attached hydrogens (tertiary/aromatic N) is 1. The highest BCUT2D eigenvalue weighted by Gasteiger charge is 2.11. The third kappa shape index (κ3) is 4.96. The number of nitrogens with one attached hydrogen (secondary N) is 1. The highest BCUT2D eigenvalue weighted by Crippen LogP contribution is 2.12. The highest BCUT2D eigenvalue weighted by atomic mass is 79.9. The zero-order valence-electron chi connectivity index (χ0n) is 12.2. The number of hydrogen-bond donors (Lipinski definition) is 1. The lowest BCUT2D eigenvalue weighted by Gasteiger charge is -2.17. The Morgan fingerprint density at radius 2 is 1.95 bits per heavy atom. The predicted octanol–water partition coefficient (Wildman–Crippen LogP) is 3.29. The van der Waals surface area contributed by atoms with E-state index in [1.54, 1.807) is 23.4 Å². The van der Waals surface area contributed by atoms with Crippen LogP contribution in [0.4, 0.5) is 0 Å². The van der Waals surface area contributed by atoms with E-state index in [4.69, 9.17) is 0 Å². The van der Waals surface area contributed by atoms with Gasteiger partial charge in [-0.1, -0.05) is 28.1 Å². The first-order chi connectivity index (χ1) is 10.6. The molecular weight excluding hydrogens is 364 g/mol. The monoisotopic (exact) mass is 380 g/mol. The molecule has 0 fully saturated rings. The van der Waals surface area contributed by atoms with Crippen molar-refractivity contribution in [3.05, 3.63) is 56.7 Å². The number of benzene rings is 1. The van der Waals surface area contributed by atoms with Gasteiger partial charge in [0.05, 0.1) is 0 Å². The summed E-state index contributed by atoms with van der Waals surface area (Å²) in [6.07, 6.45) is 0.295. The fraction of sp³-hybridized carbons (Fsp3) is 0.250. The molecule has 0 aliphatic rings. The van der Waals surface area contributed by atoms with Gasteiger partial charge in [0.1, 0.15) is 0 Å². The minimum absolute atomic E-state index is 0.00790. The summed E-state index contributed by atoms with van der Waals surface area (Å²) in [6, 6.07) is 9.63. The fourth-order valence-electron chi connectivity index (χ4n) is 1.92. The van der Waals surface area contributed by atoms with Gasteiger partial charge in [-0.25, -0.2) is 0 Å². The van der Waals surface area contributed by atoms with Crippen molar-refractivity contribution in [2.75, 3.05) is 13.6 Å². The first-order valence-electron chi connectivity index (χ1n) is 6.85. The minimum atomic E-state index is -0.135. The van der Waals surface area contributed by atoms with Crippen LogP contribution >= 0.6 is 27.3 Å². The van der Waals surface area contributed by atoms with Crippen molar-refractivity contribution in [3.63, 3.8) is 0 Å². The predicted molar refractivity (Wildman–Crippen MR) is 91.9 cm³/mol. The molecule has 2 rings (SSSR count). The van der Waals surface area contributed by atoms with Gasteiger partial charge in [-0.2, -0.15) is 11.3 Å². The summed E-state index contributed by atoms with van der Waals surface area (Å²) < 4.78 is 1.02. The lowest BCUT2D eigenvalue weighted by Crippen LogP contribution is -2.31. The van der Waals surface area contributed by atoms with Gasteiger partial charge in [-0.15, -0.1) is 0 Å². The quantitative estimate of drug-likeness (QED) is 0.835. The molecule has 22 heavy (non-hydrogen) atoms. The van der Waals surface area contributed by atoms with E-state index in [9.17, 15) is 9.59 Å². The van der Waals surface area contributed by atoms with Crippen LogP contribution in [-0.4, -0.2) is 30.3 Å².